The van der Waals surface area contributed by atoms with Crippen molar-refractivity contribution in [2.24, 2.45) is 0 Å². The van der Waals surface area contributed by atoms with Gasteiger partial charge in [-0.25, -0.2) is 4.98 Å². The molecule has 1 heterocycles. The van der Waals surface area contributed by atoms with Gasteiger partial charge in [-0.15, -0.1) is 0 Å². The molecule has 0 bridgehead atoms. The number of para-hydroxylation sites is 1. The van der Waals surface area contributed by atoms with E-state index in [-0.39, 0.29) is 5.78 Å². The molecular formula is C17H15NO. The van der Waals surface area contributed by atoms with Crippen LogP contribution in [-0.2, 0) is 0 Å². The summed E-state index contributed by atoms with van der Waals surface area (Å²) in [7, 11) is 0. The zero-order valence-electron chi connectivity index (χ0n) is 10.9. The molecule has 0 spiro atoms. The van der Waals surface area contributed by atoms with E-state index in [9.17, 15) is 4.79 Å². The third-order valence-corrected chi connectivity index (χ3v) is 2.91. The number of allylic oxidation sites excluding steroid dienone is 4. The average Bonchev–Trinajstić information content (AvgIpc) is 2.43. The maximum Gasteiger partial charge on any atom is 0.160 e. The van der Waals surface area contributed by atoms with Crippen LogP contribution < -0.4 is 0 Å². The SMILES string of the molecule is C=C/C=C(\C=C)c1cc(C(C)=O)c2ccccc2n1. The Morgan fingerprint density at radius 1 is 1.26 bits per heavy atom. The number of rotatable bonds is 4. The first-order valence-corrected chi connectivity index (χ1v) is 6.03. The molecule has 1 aromatic carbocycles. The zero-order chi connectivity index (χ0) is 13.8. The van der Waals surface area contributed by atoms with Crippen LogP contribution >= 0.6 is 0 Å². The fourth-order valence-electron chi connectivity index (χ4n) is 2.00. The standard InChI is InChI=1S/C17H15NO/c1-4-8-13(5-2)17-11-15(12(3)19)14-9-6-7-10-16(14)18-17/h4-11H,1-2H2,3H3/b13-8+. The van der Waals surface area contributed by atoms with E-state index < -0.39 is 0 Å². The van der Waals surface area contributed by atoms with E-state index in [0.717, 1.165) is 22.2 Å². The lowest BCUT2D eigenvalue weighted by atomic mass is 10.0. The topological polar surface area (TPSA) is 30.0 Å². The van der Waals surface area contributed by atoms with Crippen molar-refractivity contribution in [2.75, 3.05) is 0 Å². The molecule has 2 aromatic rings. The van der Waals surface area contributed by atoms with Crippen LogP contribution in [0.4, 0.5) is 0 Å². The van der Waals surface area contributed by atoms with Crippen molar-refractivity contribution in [2.45, 2.75) is 6.92 Å². The molecule has 94 valence electrons. The predicted octanol–water partition coefficient (Wildman–Crippen LogP) is 4.19. The van der Waals surface area contributed by atoms with Gasteiger partial charge in [-0.05, 0) is 24.6 Å². The highest BCUT2D eigenvalue weighted by Gasteiger charge is 2.10. The highest BCUT2D eigenvalue weighted by atomic mass is 16.1. The Balaban J connectivity index is 2.78. The minimum absolute atomic E-state index is 0.0295. The van der Waals surface area contributed by atoms with Crippen molar-refractivity contribution in [1.82, 2.24) is 4.98 Å². The lowest BCUT2D eigenvalue weighted by Crippen LogP contribution is -1.98. The van der Waals surface area contributed by atoms with Crippen molar-refractivity contribution >= 4 is 22.3 Å². The van der Waals surface area contributed by atoms with Crippen molar-refractivity contribution in [1.29, 1.82) is 0 Å². The van der Waals surface area contributed by atoms with Crippen molar-refractivity contribution in [3.63, 3.8) is 0 Å². The van der Waals surface area contributed by atoms with Crippen LogP contribution in [0, 0.1) is 0 Å². The van der Waals surface area contributed by atoms with Crippen molar-refractivity contribution in [3.05, 3.63) is 73.0 Å². The van der Waals surface area contributed by atoms with Gasteiger partial charge in [0.1, 0.15) is 0 Å². The summed E-state index contributed by atoms with van der Waals surface area (Å²) in [6, 6.07) is 9.44. The van der Waals surface area contributed by atoms with Crippen LogP contribution in [-0.4, -0.2) is 10.8 Å². The summed E-state index contributed by atoms with van der Waals surface area (Å²) in [5, 5.41) is 0.876. The summed E-state index contributed by atoms with van der Waals surface area (Å²) < 4.78 is 0. The number of ketones is 1. The Bertz CT molecular complexity index is 695. The van der Waals surface area contributed by atoms with E-state index in [4.69, 9.17) is 0 Å². The first kappa shape index (κ1) is 13.0. The second-order valence-electron chi connectivity index (χ2n) is 4.19. The number of nitrogens with zero attached hydrogens (tertiary/aromatic N) is 1. The van der Waals surface area contributed by atoms with Crippen LogP contribution in [0.25, 0.3) is 16.5 Å². The molecule has 0 aliphatic carbocycles. The summed E-state index contributed by atoms with van der Waals surface area (Å²) in [5.74, 6) is 0.0295. The van der Waals surface area contributed by atoms with Crippen LogP contribution in [0.15, 0.2) is 61.7 Å². The van der Waals surface area contributed by atoms with Gasteiger partial charge in [0, 0.05) is 10.9 Å². The van der Waals surface area contributed by atoms with Crippen molar-refractivity contribution < 1.29 is 4.79 Å². The summed E-state index contributed by atoms with van der Waals surface area (Å²) >= 11 is 0. The van der Waals surface area contributed by atoms with E-state index in [2.05, 4.69) is 18.1 Å². The Labute approximate surface area is 112 Å². The number of benzene rings is 1. The molecule has 0 fully saturated rings. The monoisotopic (exact) mass is 249 g/mol. The number of fused-ring (bicyclic) bond motifs is 1. The quantitative estimate of drug-likeness (QED) is 0.600. The van der Waals surface area contributed by atoms with Gasteiger partial charge in [0.25, 0.3) is 0 Å². The van der Waals surface area contributed by atoms with Crippen LogP contribution in [0.2, 0.25) is 0 Å². The van der Waals surface area contributed by atoms with Gasteiger partial charge in [-0.3, -0.25) is 4.79 Å². The fourth-order valence-corrected chi connectivity index (χ4v) is 2.00. The third kappa shape index (κ3) is 2.52. The second-order valence-corrected chi connectivity index (χ2v) is 4.19. The molecule has 0 unspecified atom stereocenters. The van der Waals surface area contributed by atoms with Gasteiger partial charge < -0.3 is 0 Å². The maximum atomic E-state index is 11.8. The molecule has 1 aromatic heterocycles. The Hall–Kier alpha value is -2.48. The van der Waals surface area contributed by atoms with Gasteiger partial charge in [-0.2, -0.15) is 0 Å². The lowest BCUT2D eigenvalue weighted by Gasteiger charge is -2.08. The van der Waals surface area contributed by atoms with Crippen LogP contribution in [0.3, 0.4) is 0 Å². The van der Waals surface area contributed by atoms with Gasteiger partial charge >= 0.3 is 0 Å². The average molecular weight is 249 g/mol. The summed E-state index contributed by atoms with van der Waals surface area (Å²) in [4.78, 5) is 16.4. The number of hydrogen-bond acceptors (Lipinski definition) is 2. The molecule has 0 aliphatic heterocycles. The van der Waals surface area contributed by atoms with Gasteiger partial charge in [0.05, 0.1) is 11.2 Å². The molecule has 2 rings (SSSR count). The highest BCUT2D eigenvalue weighted by molar-refractivity contribution is 6.06. The number of carbonyl (C=O) groups excluding carboxylic acids is 1. The number of aromatic nitrogens is 1. The molecule has 19 heavy (non-hydrogen) atoms. The zero-order valence-corrected chi connectivity index (χ0v) is 10.9. The van der Waals surface area contributed by atoms with E-state index in [1.165, 1.54) is 0 Å². The molecular weight excluding hydrogens is 234 g/mol. The second kappa shape index (κ2) is 5.44. The fraction of sp³-hybridized carbons (Fsp3) is 0.0588. The minimum Gasteiger partial charge on any atom is -0.294 e. The van der Waals surface area contributed by atoms with E-state index in [1.54, 1.807) is 19.1 Å². The van der Waals surface area contributed by atoms with E-state index >= 15 is 0 Å². The van der Waals surface area contributed by atoms with E-state index in [0.29, 0.717) is 5.56 Å². The minimum atomic E-state index is 0.0295. The predicted molar refractivity (Wildman–Crippen MR) is 80.1 cm³/mol. The summed E-state index contributed by atoms with van der Waals surface area (Å²) in [6.07, 6.45) is 5.22. The van der Waals surface area contributed by atoms with Crippen LogP contribution in [0.1, 0.15) is 23.0 Å². The first-order chi connectivity index (χ1) is 9.17. The van der Waals surface area contributed by atoms with Gasteiger partial charge in [0.15, 0.2) is 5.78 Å². The number of hydrogen-bond donors (Lipinski definition) is 0. The van der Waals surface area contributed by atoms with E-state index in [1.807, 2.05) is 36.4 Å². The Morgan fingerprint density at radius 2 is 2.00 bits per heavy atom. The summed E-state index contributed by atoms with van der Waals surface area (Å²) in [6.45, 7) is 9.01. The number of pyridine rings is 1. The number of carbonyl (C=O) groups is 1. The normalized spacial score (nSPS) is 11.3. The lowest BCUT2D eigenvalue weighted by molar-refractivity contribution is 0.101. The maximum absolute atomic E-state index is 11.8. The van der Waals surface area contributed by atoms with Crippen LogP contribution in [0.5, 0.6) is 0 Å². The van der Waals surface area contributed by atoms with Gasteiger partial charge in [-0.1, -0.05) is 49.6 Å². The Morgan fingerprint density at radius 3 is 2.63 bits per heavy atom. The van der Waals surface area contributed by atoms with Gasteiger partial charge in [0.2, 0.25) is 0 Å². The first-order valence-electron chi connectivity index (χ1n) is 6.03. The molecule has 0 saturated carbocycles. The Kier molecular flexibility index (Phi) is 3.71. The molecule has 2 heteroatoms. The molecule has 0 radical (unpaired) electrons. The molecule has 0 saturated heterocycles. The molecule has 0 N–H and O–H groups in total. The third-order valence-electron chi connectivity index (χ3n) is 2.91. The molecule has 0 atom stereocenters. The molecule has 0 amide bonds. The highest BCUT2D eigenvalue weighted by Crippen LogP contribution is 2.23. The smallest absolute Gasteiger partial charge is 0.160 e. The molecule has 0 aliphatic rings. The molecule has 2 nitrogen and oxygen atoms in total. The van der Waals surface area contributed by atoms with Crippen molar-refractivity contribution in [3.8, 4) is 0 Å². The number of Topliss-reactive ketones (excluding diaryl/α,β-unsaturated/α-hetero) is 1. The summed E-state index contributed by atoms with van der Waals surface area (Å²) in [5.41, 5.74) is 3.07. The largest absolute Gasteiger partial charge is 0.294 e.